The van der Waals surface area contributed by atoms with Crippen LogP contribution in [0.1, 0.15) is 16.1 Å². The van der Waals surface area contributed by atoms with Crippen LogP contribution in [0.25, 0.3) is 0 Å². The minimum atomic E-state index is -4.71. The molecule has 1 rings (SSSR count). The Bertz CT molecular complexity index is 434. The van der Waals surface area contributed by atoms with E-state index in [1.165, 1.54) is 0 Å². The summed E-state index contributed by atoms with van der Waals surface area (Å²) in [5.41, 5.74) is 3.20. The SMILES string of the molecule is COC(=O)c1cc(C(F)(F)F)nc(Cl)c1N. The van der Waals surface area contributed by atoms with Crippen LogP contribution in [0.3, 0.4) is 0 Å². The second-order valence-corrected chi connectivity index (χ2v) is 3.11. The number of carbonyl (C=O) groups is 1. The Hall–Kier alpha value is -1.50. The Balaban J connectivity index is 3.39. The first-order valence-corrected chi connectivity index (χ1v) is 4.26. The minimum absolute atomic E-state index is 0.346. The molecule has 4 nitrogen and oxygen atoms in total. The molecule has 1 heterocycles. The Morgan fingerprint density at radius 2 is 2.12 bits per heavy atom. The number of pyridine rings is 1. The Kier molecular flexibility index (Phi) is 3.27. The van der Waals surface area contributed by atoms with Gasteiger partial charge >= 0.3 is 12.1 Å². The van der Waals surface area contributed by atoms with Gasteiger partial charge in [-0.3, -0.25) is 0 Å². The van der Waals surface area contributed by atoms with E-state index in [-0.39, 0.29) is 5.69 Å². The molecule has 0 aliphatic carbocycles. The van der Waals surface area contributed by atoms with Crippen LogP contribution in [0.2, 0.25) is 5.15 Å². The van der Waals surface area contributed by atoms with Crippen LogP contribution in [-0.4, -0.2) is 18.1 Å². The zero-order chi connectivity index (χ0) is 12.5. The first kappa shape index (κ1) is 12.6. The van der Waals surface area contributed by atoms with E-state index in [0.717, 1.165) is 7.11 Å². The average molecular weight is 255 g/mol. The van der Waals surface area contributed by atoms with Crippen LogP contribution in [0.5, 0.6) is 0 Å². The highest BCUT2D eigenvalue weighted by molar-refractivity contribution is 6.32. The van der Waals surface area contributed by atoms with Crippen molar-refractivity contribution in [2.45, 2.75) is 6.18 Å². The summed E-state index contributed by atoms with van der Waals surface area (Å²) in [7, 11) is 1.02. The lowest BCUT2D eigenvalue weighted by Crippen LogP contribution is -2.14. The van der Waals surface area contributed by atoms with Crippen LogP contribution in [0, 0.1) is 0 Å². The quantitative estimate of drug-likeness (QED) is 0.616. The van der Waals surface area contributed by atoms with E-state index in [1.807, 2.05) is 0 Å². The van der Waals surface area contributed by atoms with Crippen molar-refractivity contribution < 1.29 is 22.7 Å². The van der Waals surface area contributed by atoms with E-state index < -0.39 is 28.6 Å². The number of carbonyl (C=O) groups excluding carboxylic acids is 1. The van der Waals surface area contributed by atoms with Gasteiger partial charge in [-0.25, -0.2) is 9.78 Å². The van der Waals surface area contributed by atoms with Gasteiger partial charge in [0, 0.05) is 0 Å². The molecule has 0 bridgehead atoms. The number of ether oxygens (including phenoxy) is 1. The molecule has 0 amide bonds. The second kappa shape index (κ2) is 4.17. The average Bonchev–Trinajstić information content (AvgIpc) is 2.19. The molecule has 0 aromatic carbocycles. The molecular weight excluding hydrogens is 249 g/mol. The number of nitrogen functional groups attached to an aromatic ring is 1. The van der Waals surface area contributed by atoms with Gasteiger partial charge in [-0.05, 0) is 6.07 Å². The summed E-state index contributed by atoms with van der Waals surface area (Å²) < 4.78 is 41.3. The summed E-state index contributed by atoms with van der Waals surface area (Å²) in [6, 6.07) is 0.493. The fraction of sp³-hybridized carbons (Fsp3) is 0.250. The molecule has 88 valence electrons. The van der Waals surface area contributed by atoms with Gasteiger partial charge < -0.3 is 10.5 Å². The second-order valence-electron chi connectivity index (χ2n) is 2.75. The summed E-state index contributed by atoms with van der Waals surface area (Å²) in [6.07, 6.45) is -4.71. The number of nitrogens with two attached hydrogens (primary N) is 1. The number of hydrogen-bond acceptors (Lipinski definition) is 4. The summed E-state index contributed by atoms with van der Waals surface area (Å²) in [5.74, 6) is -1.01. The summed E-state index contributed by atoms with van der Waals surface area (Å²) in [4.78, 5) is 14.1. The van der Waals surface area contributed by atoms with Crippen molar-refractivity contribution in [3.8, 4) is 0 Å². The first-order valence-electron chi connectivity index (χ1n) is 3.89. The normalized spacial score (nSPS) is 11.3. The topological polar surface area (TPSA) is 65.2 Å². The van der Waals surface area contributed by atoms with E-state index in [9.17, 15) is 18.0 Å². The summed E-state index contributed by atoms with van der Waals surface area (Å²) >= 11 is 5.38. The maximum Gasteiger partial charge on any atom is 0.433 e. The van der Waals surface area contributed by atoms with E-state index in [1.54, 1.807) is 0 Å². The molecule has 0 aliphatic heterocycles. The molecule has 0 aliphatic rings. The highest BCUT2D eigenvalue weighted by Crippen LogP contribution is 2.32. The van der Waals surface area contributed by atoms with Crippen molar-refractivity contribution in [1.82, 2.24) is 4.98 Å². The molecule has 1 aromatic rings. The minimum Gasteiger partial charge on any atom is -0.465 e. The highest BCUT2D eigenvalue weighted by atomic mass is 35.5. The van der Waals surface area contributed by atoms with Gasteiger partial charge in [0.15, 0.2) is 5.15 Å². The fourth-order valence-corrected chi connectivity index (χ4v) is 1.14. The number of hydrogen-bond donors (Lipinski definition) is 1. The van der Waals surface area contributed by atoms with Crippen LogP contribution >= 0.6 is 11.6 Å². The molecule has 16 heavy (non-hydrogen) atoms. The maximum absolute atomic E-state index is 12.3. The first-order chi connectivity index (χ1) is 7.27. The smallest absolute Gasteiger partial charge is 0.433 e. The third kappa shape index (κ3) is 2.35. The molecule has 2 N–H and O–H groups in total. The lowest BCUT2D eigenvalue weighted by atomic mass is 10.2. The van der Waals surface area contributed by atoms with Gasteiger partial charge in [-0.15, -0.1) is 0 Å². The molecule has 8 heteroatoms. The van der Waals surface area contributed by atoms with Gasteiger partial charge in [0.05, 0.1) is 18.4 Å². The predicted octanol–water partition coefficient (Wildman–Crippen LogP) is 2.12. The molecule has 0 atom stereocenters. The van der Waals surface area contributed by atoms with Crippen molar-refractivity contribution in [1.29, 1.82) is 0 Å². The zero-order valence-corrected chi connectivity index (χ0v) is 8.69. The molecule has 1 aromatic heterocycles. The lowest BCUT2D eigenvalue weighted by molar-refractivity contribution is -0.141. The largest absolute Gasteiger partial charge is 0.465 e. The monoisotopic (exact) mass is 254 g/mol. The molecule has 0 spiro atoms. The van der Waals surface area contributed by atoms with Crippen LogP contribution in [0.15, 0.2) is 6.07 Å². The van der Waals surface area contributed by atoms with Crippen molar-refractivity contribution >= 4 is 23.3 Å². The number of nitrogens with zero attached hydrogens (tertiary/aromatic N) is 1. The van der Waals surface area contributed by atoms with Gasteiger partial charge in [0.2, 0.25) is 0 Å². The van der Waals surface area contributed by atoms with Gasteiger partial charge in [-0.1, -0.05) is 11.6 Å². The van der Waals surface area contributed by atoms with Crippen molar-refractivity contribution in [2.24, 2.45) is 0 Å². The molecule has 0 fully saturated rings. The standard InChI is InChI=1S/C8H6ClF3N2O2/c1-16-7(15)3-2-4(8(10,11)12)14-6(9)5(3)13/h2H,13H2,1H3. The van der Waals surface area contributed by atoms with E-state index >= 15 is 0 Å². The predicted molar refractivity (Wildman–Crippen MR) is 50.0 cm³/mol. The van der Waals surface area contributed by atoms with Crippen molar-refractivity contribution in [3.63, 3.8) is 0 Å². The Morgan fingerprint density at radius 3 is 2.56 bits per heavy atom. The lowest BCUT2D eigenvalue weighted by Gasteiger charge is -2.10. The molecule has 0 radical (unpaired) electrons. The Labute approximate surface area is 93.2 Å². The molecule has 0 saturated carbocycles. The third-order valence-corrected chi connectivity index (χ3v) is 2.00. The van der Waals surface area contributed by atoms with Crippen molar-refractivity contribution in [2.75, 3.05) is 12.8 Å². The van der Waals surface area contributed by atoms with E-state index in [2.05, 4.69) is 9.72 Å². The van der Waals surface area contributed by atoms with Crippen LogP contribution in [-0.2, 0) is 10.9 Å². The van der Waals surface area contributed by atoms with Crippen LogP contribution in [0.4, 0.5) is 18.9 Å². The van der Waals surface area contributed by atoms with Gasteiger partial charge in [0.25, 0.3) is 0 Å². The van der Waals surface area contributed by atoms with E-state index in [0.29, 0.717) is 6.07 Å². The number of methoxy groups -OCH3 is 1. The summed E-state index contributed by atoms with van der Waals surface area (Å²) in [6.45, 7) is 0. The summed E-state index contributed by atoms with van der Waals surface area (Å²) in [5, 5.41) is -0.588. The molecular formula is C8H6ClF3N2O2. The number of halogens is 4. The van der Waals surface area contributed by atoms with Gasteiger partial charge in [0.1, 0.15) is 5.69 Å². The molecule has 0 unspecified atom stereocenters. The Morgan fingerprint density at radius 1 is 1.56 bits per heavy atom. The number of esters is 1. The maximum atomic E-state index is 12.3. The third-order valence-electron chi connectivity index (χ3n) is 1.71. The molecule has 0 saturated heterocycles. The van der Waals surface area contributed by atoms with Crippen LogP contribution < -0.4 is 5.73 Å². The fourth-order valence-electron chi connectivity index (χ4n) is 0.948. The highest BCUT2D eigenvalue weighted by Gasteiger charge is 2.34. The number of aromatic nitrogens is 1. The number of anilines is 1. The van der Waals surface area contributed by atoms with Crippen molar-refractivity contribution in [3.05, 3.63) is 22.5 Å². The zero-order valence-electron chi connectivity index (χ0n) is 7.93. The number of alkyl halides is 3. The van der Waals surface area contributed by atoms with Gasteiger partial charge in [-0.2, -0.15) is 13.2 Å². The van der Waals surface area contributed by atoms with E-state index in [4.69, 9.17) is 17.3 Å². The number of rotatable bonds is 1.